The molecule has 0 aromatic rings. The van der Waals surface area contributed by atoms with Crippen molar-refractivity contribution < 1.29 is 4.79 Å². The van der Waals surface area contributed by atoms with E-state index < -0.39 is 0 Å². The van der Waals surface area contributed by atoms with E-state index >= 15 is 0 Å². The van der Waals surface area contributed by atoms with Crippen LogP contribution >= 0.6 is 0 Å². The van der Waals surface area contributed by atoms with Crippen LogP contribution in [-0.4, -0.2) is 5.78 Å². The van der Waals surface area contributed by atoms with Crippen molar-refractivity contribution >= 4 is 5.78 Å². The molecule has 0 aliphatic rings. The van der Waals surface area contributed by atoms with Crippen LogP contribution in [0.4, 0.5) is 0 Å². The second-order valence-corrected chi connectivity index (χ2v) is 2.39. The number of hydrogen-bond acceptors (Lipinski definition) is 1. The third-order valence-electron chi connectivity index (χ3n) is 1.46. The van der Waals surface area contributed by atoms with Crippen molar-refractivity contribution in [3.63, 3.8) is 0 Å². The monoisotopic (exact) mass is 150 g/mol. The average Bonchev–Trinajstić information content (AvgIpc) is 1.99. The number of hydrogen-bond donors (Lipinski definition) is 0. The molecule has 0 unspecified atom stereocenters. The lowest BCUT2D eigenvalue weighted by Crippen LogP contribution is -1.92. The summed E-state index contributed by atoms with van der Waals surface area (Å²) in [6, 6.07) is 0. The average molecular weight is 150 g/mol. The Morgan fingerprint density at radius 3 is 2.18 bits per heavy atom. The summed E-state index contributed by atoms with van der Waals surface area (Å²) in [4.78, 5) is 10.9. The summed E-state index contributed by atoms with van der Waals surface area (Å²) in [5.41, 5.74) is 1.75. The maximum Gasteiger partial charge on any atom is 0.159 e. The molecule has 0 saturated heterocycles. The number of allylic oxidation sites excluding steroid dienone is 5. The van der Waals surface area contributed by atoms with E-state index in [1.807, 2.05) is 26.0 Å². The van der Waals surface area contributed by atoms with Gasteiger partial charge < -0.3 is 0 Å². The van der Waals surface area contributed by atoms with E-state index in [9.17, 15) is 4.79 Å². The van der Waals surface area contributed by atoms with Gasteiger partial charge in [-0.2, -0.15) is 0 Å². The molecule has 0 spiro atoms. The standard InChI is InChI=1S/C10H14O/c1-5-8(3)7-10(6-2)9(4)11/h5-7H,2H2,1,3-4H3/b8-5-,10-7+. The molecule has 0 aromatic carbocycles. The summed E-state index contributed by atoms with van der Waals surface area (Å²) in [6.07, 6.45) is 5.36. The topological polar surface area (TPSA) is 17.1 Å². The normalized spacial score (nSPS) is 13.0. The zero-order valence-corrected chi connectivity index (χ0v) is 7.35. The van der Waals surface area contributed by atoms with E-state index in [1.165, 1.54) is 6.92 Å². The highest BCUT2D eigenvalue weighted by molar-refractivity contribution is 5.96. The number of carbonyl (C=O) groups is 1. The highest BCUT2D eigenvalue weighted by Gasteiger charge is 1.96. The molecular weight excluding hydrogens is 136 g/mol. The van der Waals surface area contributed by atoms with Crippen LogP contribution in [0.1, 0.15) is 20.8 Å². The molecular formula is C10H14O. The Kier molecular flexibility index (Phi) is 4.20. The van der Waals surface area contributed by atoms with Crippen molar-refractivity contribution in [2.45, 2.75) is 20.8 Å². The van der Waals surface area contributed by atoms with Gasteiger partial charge in [0.05, 0.1) is 0 Å². The van der Waals surface area contributed by atoms with Gasteiger partial charge in [-0.3, -0.25) is 4.79 Å². The van der Waals surface area contributed by atoms with Gasteiger partial charge in [-0.05, 0) is 26.8 Å². The molecule has 0 aliphatic heterocycles. The molecule has 0 amide bonds. The van der Waals surface area contributed by atoms with Crippen molar-refractivity contribution in [1.82, 2.24) is 0 Å². The summed E-state index contributed by atoms with van der Waals surface area (Å²) < 4.78 is 0. The Morgan fingerprint density at radius 1 is 1.36 bits per heavy atom. The van der Waals surface area contributed by atoms with Crippen molar-refractivity contribution in [2.75, 3.05) is 0 Å². The third-order valence-corrected chi connectivity index (χ3v) is 1.46. The van der Waals surface area contributed by atoms with Crippen molar-refractivity contribution in [1.29, 1.82) is 0 Å². The Hall–Kier alpha value is -1.11. The number of carbonyl (C=O) groups excluding carboxylic acids is 1. The quantitative estimate of drug-likeness (QED) is 0.446. The second-order valence-electron chi connectivity index (χ2n) is 2.39. The van der Waals surface area contributed by atoms with Crippen LogP contribution < -0.4 is 0 Å². The van der Waals surface area contributed by atoms with Crippen molar-refractivity contribution in [3.05, 3.63) is 36.0 Å². The first kappa shape index (κ1) is 9.89. The van der Waals surface area contributed by atoms with Gasteiger partial charge in [-0.15, -0.1) is 0 Å². The van der Waals surface area contributed by atoms with Gasteiger partial charge in [-0.1, -0.05) is 24.3 Å². The number of Topliss-reactive ketones (excluding diaryl/α,β-unsaturated/α-hetero) is 1. The van der Waals surface area contributed by atoms with E-state index in [-0.39, 0.29) is 5.78 Å². The molecule has 11 heavy (non-hydrogen) atoms. The molecule has 0 aromatic heterocycles. The van der Waals surface area contributed by atoms with Crippen LogP contribution in [0.25, 0.3) is 0 Å². The van der Waals surface area contributed by atoms with Crippen LogP contribution in [0.3, 0.4) is 0 Å². The lowest BCUT2D eigenvalue weighted by atomic mass is 10.1. The highest BCUT2D eigenvalue weighted by atomic mass is 16.1. The molecule has 60 valence electrons. The van der Waals surface area contributed by atoms with E-state index in [0.717, 1.165) is 5.57 Å². The van der Waals surface area contributed by atoms with Crippen molar-refractivity contribution in [2.24, 2.45) is 0 Å². The van der Waals surface area contributed by atoms with Gasteiger partial charge >= 0.3 is 0 Å². The SMILES string of the molecule is C=C/C(=C\C(C)=C/C)C(C)=O. The van der Waals surface area contributed by atoms with Crippen LogP contribution in [-0.2, 0) is 4.79 Å². The van der Waals surface area contributed by atoms with Gasteiger partial charge in [0, 0.05) is 5.57 Å². The fraction of sp³-hybridized carbons (Fsp3) is 0.300. The lowest BCUT2D eigenvalue weighted by Gasteiger charge is -1.94. The van der Waals surface area contributed by atoms with Gasteiger partial charge in [0.2, 0.25) is 0 Å². The molecule has 0 heterocycles. The maximum atomic E-state index is 10.9. The van der Waals surface area contributed by atoms with Crippen LogP contribution in [0.15, 0.2) is 36.0 Å². The van der Waals surface area contributed by atoms with E-state index in [0.29, 0.717) is 5.57 Å². The summed E-state index contributed by atoms with van der Waals surface area (Å²) in [7, 11) is 0. The van der Waals surface area contributed by atoms with Gasteiger partial charge in [0.15, 0.2) is 5.78 Å². The molecule has 0 radical (unpaired) electrons. The largest absolute Gasteiger partial charge is 0.295 e. The third kappa shape index (κ3) is 3.56. The molecule has 0 rings (SSSR count). The van der Waals surface area contributed by atoms with E-state index in [2.05, 4.69) is 6.58 Å². The Bertz CT molecular complexity index is 219. The zero-order valence-electron chi connectivity index (χ0n) is 7.35. The maximum absolute atomic E-state index is 10.9. The van der Waals surface area contributed by atoms with Crippen LogP contribution in [0.5, 0.6) is 0 Å². The first-order chi connectivity index (χ1) is 5.11. The lowest BCUT2D eigenvalue weighted by molar-refractivity contribution is -0.113. The smallest absolute Gasteiger partial charge is 0.159 e. The Labute approximate surface area is 68.1 Å². The first-order valence-corrected chi connectivity index (χ1v) is 3.59. The fourth-order valence-electron chi connectivity index (χ4n) is 0.633. The second kappa shape index (κ2) is 4.67. The Balaban J connectivity index is 4.62. The number of rotatable bonds is 3. The van der Waals surface area contributed by atoms with E-state index in [1.54, 1.807) is 6.08 Å². The molecule has 0 N–H and O–H groups in total. The Morgan fingerprint density at radius 2 is 1.91 bits per heavy atom. The molecule has 0 saturated carbocycles. The minimum Gasteiger partial charge on any atom is -0.295 e. The van der Waals surface area contributed by atoms with Gasteiger partial charge in [-0.25, -0.2) is 0 Å². The summed E-state index contributed by atoms with van der Waals surface area (Å²) in [6.45, 7) is 8.98. The summed E-state index contributed by atoms with van der Waals surface area (Å²) in [5.74, 6) is 0.0567. The first-order valence-electron chi connectivity index (χ1n) is 3.59. The fourth-order valence-corrected chi connectivity index (χ4v) is 0.633. The van der Waals surface area contributed by atoms with Crippen LogP contribution in [0, 0.1) is 0 Å². The van der Waals surface area contributed by atoms with Gasteiger partial charge in [0.25, 0.3) is 0 Å². The zero-order chi connectivity index (χ0) is 8.85. The van der Waals surface area contributed by atoms with Crippen LogP contribution in [0.2, 0.25) is 0 Å². The summed E-state index contributed by atoms with van der Waals surface area (Å²) in [5, 5.41) is 0. The molecule has 1 nitrogen and oxygen atoms in total. The highest BCUT2D eigenvalue weighted by Crippen LogP contribution is 2.03. The van der Waals surface area contributed by atoms with Crippen molar-refractivity contribution in [3.8, 4) is 0 Å². The minimum absolute atomic E-state index is 0.0567. The molecule has 0 fully saturated rings. The molecule has 0 bridgehead atoms. The summed E-state index contributed by atoms with van der Waals surface area (Å²) >= 11 is 0. The molecule has 0 aliphatic carbocycles. The minimum atomic E-state index is 0.0567. The molecule has 1 heteroatoms. The predicted molar refractivity (Wildman–Crippen MR) is 48.4 cm³/mol. The molecule has 0 atom stereocenters. The number of ketones is 1. The predicted octanol–water partition coefficient (Wildman–Crippen LogP) is 2.65. The van der Waals surface area contributed by atoms with E-state index in [4.69, 9.17) is 0 Å². The van der Waals surface area contributed by atoms with Gasteiger partial charge in [0.1, 0.15) is 0 Å².